The summed E-state index contributed by atoms with van der Waals surface area (Å²) in [5, 5.41) is 3.97. The fourth-order valence-electron chi connectivity index (χ4n) is 3.19. The second-order valence-corrected chi connectivity index (χ2v) is 12.0. The van der Waals surface area contributed by atoms with Crippen molar-refractivity contribution >= 4 is 88.8 Å². The standard InChI is InChI=1S/C17H14Cl3N3O3S3/c18-9-4-5-10(19)15-14(9)21-17(28-15)22-16(24)11-3-1-2-8-23(11)29(25,26)13-7-6-12(20)27-13/h4-7,11H,1-3,8H2,(H,21,22,24). The van der Waals surface area contributed by atoms with Gasteiger partial charge in [-0.1, -0.05) is 52.6 Å². The number of thiophene rings is 1. The lowest BCUT2D eigenvalue weighted by molar-refractivity contribution is -0.120. The van der Waals surface area contributed by atoms with Gasteiger partial charge in [-0.15, -0.1) is 11.3 Å². The lowest BCUT2D eigenvalue weighted by Crippen LogP contribution is -2.49. The summed E-state index contributed by atoms with van der Waals surface area (Å²) in [4.78, 5) is 17.3. The molecule has 154 valence electrons. The molecule has 1 fully saturated rings. The Kier molecular flexibility index (Phi) is 6.09. The molecule has 1 unspecified atom stereocenters. The summed E-state index contributed by atoms with van der Waals surface area (Å²) in [5.41, 5.74) is 0.501. The first-order valence-corrected chi connectivity index (χ1v) is 12.8. The Morgan fingerprint density at radius 2 is 1.86 bits per heavy atom. The van der Waals surface area contributed by atoms with Gasteiger partial charge in [0.2, 0.25) is 5.91 Å². The molecule has 0 aliphatic carbocycles. The van der Waals surface area contributed by atoms with E-state index in [4.69, 9.17) is 34.8 Å². The molecule has 6 nitrogen and oxygen atoms in total. The molecule has 1 aromatic carbocycles. The molecule has 1 N–H and O–H groups in total. The van der Waals surface area contributed by atoms with Crippen LogP contribution < -0.4 is 5.32 Å². The van der Waals surface area contributed by atoms with Crippen molar-refractivity contribution < 1.29 is 13.2 Å². The molecule has 3 aromatic rings. The summed E-state index contributed by atoms with van der Waals surface area (Å²) in [6.07, 6.45) is 1.87. The number of aromatic nitrogens is 1. The molecule has 1 saturated heterocycles. The van der Waals surface area contributed by atoms with Gasteiger partial charge in [-0.2, -0.15) is 4.31 Å². The Morgan fingerprint density at radius 1 is 1.10 bits per heavy atom. The number of carbonyl (C=O) groups excluding carboxylic acids is 1. The molecule has 12 heteroatoms. The molecule has 3 heterocycles. The van der Waals surface area contributed by atoms with Crippen LogP contribution >= 0.6 is 57.5 Å². The first-order chi connectivity index (χ1) is 13.8. The Balaban J connectivity index is 1.61. The highest BCUT2D eigenvalue weighted by molar-refractivity contribution is 7.91. The highest BCUT2D eigenvalue weighted by atomic mass is 35.5. The van der Waals surface area contributed by atoms with E-state index in [1.165, 1.54) is 27.8 Å². The minimum Gasteiger partial charge on any atom is -0.301 e. The van der Waals surface area contributed by atoms with Crippen molar-refractivity contribution in [3.05, 3.63) is 38.6 Å². The number of sulfonamides is 1. The Morgan fingerprint density at radius 3 is 2.55 bits per heavy atom. The lowest BCUT2D eigenvalue weighted by Gasteiger charge is -2.32. The largest absolute Gasteiger partial charge is 0.301 e. The van der Waals surface area contributed by atoms with Gasteiger partial charge >= 0.3 is 0 Å². The van der Waals surface area contributed by atoms with Gasteiger partial charge in [0, 0.05) is 6.54 Å². The highest BCUT2D eigenvalue weighted by Gasteiger charge is 2.38. The van der Waals surface area contributed by atoms with Crippen molar-refractivity contribution in [1.29, 1.82) is 0 Å². The molecule has 2 aromatic heterocycles. The molecule has 1 amide bonds. The molecule has 1 aliphatic heterocycles. The molecule has 0 radical (unpaired) electrons. The van der Waals surface area contributed by atoms with Crippen LogP contribution in [0.25, 0.3) is 10.2 Å². The molecule has 0 saturated carbocycles. The Hall–Kier alpha value is -0.940. The monoisotopic (exact) mass is 509 g/mol. The van der Waals surface area contributed by atoms with Gasteiger partial charge in [0.1, 0.15) is 15.8 Å². The minimum atomic E-state index is -3.82. The number of fused-ring (bicyclic) bond motifs is 1. The molecule has 0 spiro atoms. The molecule has 1 aliphatic rings. The Labute approximate surface area is 190 Å². The van der Waals surface area contributed by atoms with Crippen LogP contribution in [0.3, 0.4) is 0 Å². The number of anilines is 1. The molecule has 29 heavy (non-hydrogen) atoms. The fourth-order valence-corrected chi connectivity index (χ4v) is 7.89. The van der Waals surface area contributed by atoms with Gasteiger partial charge in [-0.25, -0.2) is 13.4 Å². The van der Waals surface area contributed by atoms with Gasteiger partial charge in [0.25, 0.3) is 10.0 Å². The van der Waals surface area contributed by atoms with E-state index < -0.39 is 22.0 Å². The average Bonchev–Trinajstić information content (AvgIpc) is 3.32. The van der Waals surface area contributed by atoms with E-state index in [1.807, 2.05) is 0 Å². The van der Waals surface area contributed by atoms with E-state index in [0.717, 1.165) is 17.8 Å². The van der Waals surface area contributed by atoms with E-state index >= 15 is 0 Å². The number of rotatable bonds is 4. The summed E-state index contributed by atoms with van der Waals surface area (Å²) in [6.45, 7) is 0.271. The van der Waals surface area contributed by atoms with Gasteiger partial charge < -0.3 is 5.32 Å². The number of halogens is 3. The van der Waals surface area contributed by atoms with Gasteiger partial charge in [-0.05, 0) is 37.1 Å². The zero-order chi connectivity index (χ0) is 20.8. The van der Waals surface area contributed by atoms with Gasteiger partial charge in [0.15, 0.2) is 5.13 Å². The second-order valence-electron chi connectivity index (χ2n) is 6.40. The summed E-state index contributed by atoms with van der Waals surface area (Å²) < 4.78 is 28.5. The number of benzene rings is 1. The van der Waals surface area contributed by atoms with E-state index in [-0.39, 0.29) is 10.8 Å². The van der Waals surface area contributed by atoms with Crippen molar-refractivity contribution in [3.8, 4) is 0 Å². The Bertz CT molecular complexity index is 1150. The van der Waals surface area contributed by atoms with Gasteiger partial charge in [0.05, 0.1) is 19.1 Å². The third-order valence-corrected chi connectivity index (χ3v) is 9.89. The zero-order valence-electron chi connectivity index (χ0n) is 14.7. The smallest absolute Gasteiger partial charge is 0.253 e. The van der Waals surface area contributed by atoms with Crippen molar-refractivity contribution in [2.24, 2.45) is 0 Å². The van der Waals surface area contributed by atoms with Crippen molar-refractivity contribution in [1.82, 2.24) is 9.29 Å². The number of piperidine rings is 1. The topological polar surface area (TPSA) is 79.4 Å². The van der Waals surface area contributed by atoms with Crippen LogP contribution in [0.15, 0.2) is 28.5 Å². The predicted molar refractivity (Wildman–Crippen MR) is 119 cm³/mol. The molecule has 1 atom stereocenters. The van der Waals surface area contributed by atoms with Crippen molar-refractivity contribution in [2.75, 3.05) is 11.9 Å². The third-order valence-electron chi connectivity index (χ3n) is 4.54. The summed E-state index contributed by atoms with van der Waals surface area (Å²) >= 11 is 20.4. The van der Waals surface area contributed by atoms with E-state index in [9.17, 15) is 13.2 Å². The average molecular weight is 511 g/mol. The number of nitrogens with one attached hydrogen (secondary N) is 1. The molecule has 0 bridgehead atoms. The van der Waals surface area contributed by atoms with E-state index in [0.29, 0.717) is 42.6 Å². The first-order valence-electron chi connectivity index (χ1n) is 8.60. The van der Waals surface area contributed by atoms with Crippen LogP contribution in [0.4, 0.5) is 5.13 Å². The molecular formula is C17H14Cl3N3O3S3. The first kappa shape index (κ1) is 21.3. The minimum absolute atomic E-state index is 0.126. The maximum atomic E-state index is 13.0. The number of hydrogen-bond donors (Lipinski definition) is 1. The van der Waals surface area contributed by atoms with Crippen molar-refractivity contribution in [3.63, 3.8) is 0 Å². The zero-order valence-corrected chi connectivity index (χ0v) is 19.4. The van der Waals surface area contributed by atoms with Crippen LogP contribution in [0.2, 0.25) is 14.4 Å². The predicted octanol–water partition coefficient (Wildman–Crippen LogP) is 5.50. The normalized spacial score (nSPS) is 18.2. The van der Waals surface area contributed by atoms with E-state index in [1.54, 1.807) is 12.1 Å². The maximum absolute atomic E-state index is 13.0. The lowest BCUT2D eigenvalue weighted by atomic mass is 10.0. The van der Waals surface area contributed by atoms with Crippen molar-refractivity contribution in [2.45, 2.75) is 29.5 Å². The highest BCUT2D eigenvalue weighted by Crippen LogP contribution is 2.37. The van der Waals surface area contributed by atoms with Crippen LogP contribution in [0.1, 0.15) is 19.3 Å². The summed E-state index contributed by atoms with van der Waals surface area (Å²) in [5.74, 6) is -0.428. The van der Waals surface area contributed by atoms with Crippen LogP contribution in [-0.2, 0) is 14.8 Å². The fraction of sp³-hybridized carbons (Fsp3) is 0.294. The number of carbonyl (C=O) groups is 1. The van der Waals surface area contributed by atoms with Gasteiger partial charge in [-0.3, -0.25) is 4.79 Å². The SMILES string of the molecule is O=C(Nc1nc2c(Cl)ccc(Cl)c2s1)C1CCCCN1S(=O)(=O)c1ccc(Cl)s1. The third kappa shape index (κ3) is 4.14. The maximum Gasteiger partial charge on any atom is 0.253 e. The molecule has 4 rings (SSSR count). The quantitative estimate of drug-likeness (QED) is 0.502. The number of amides is 1. The van der Waals surface area contributed by atoms with Crippen LogP contribution in [-0.4, -0.2) is 36.2 Å². The van der Waals surface area contributed by atoms with Crippen LogP contribution in [0.5, 0.6) is 0 Å². The number of thiazole rings is 1. The van der Waals surface area contributed by atoms with Crippen LogP contribution in [0, 0.1) is 0 Å². The van der Waals surface area contributed by atoms with E-state index in [2.05, 4.69) is 10.3 Å². The second kappa shape index (κ2) is 8.30. The number of nitrogens with zero attached hydrogens (tertiary/aromatic N) is 2. The summed E-state index contributed by atoms with van der Waals surface area (Å²) in [7, 11) is -3.82. The number of hydrogen-bond acceptors (Lipinski definition) is 6. The molecular weight excluding hydrogens is 497 g/mol. The summed E-state index contributed by atoms with van der Waals surface area (Å²) in [6, 6.07) is 5.47.